The lowest BCUT2D eigenvalue weighted by Gasteiger charge is -2.19. The Hall–Kier alpha value is -0.490. The number of nitrogens with zero attached hydrogens (tertiary/aromatic N) is 1. The second-order valence-corrected chi connectivity index (χ2v) is 5.05. The van der Waals surface area contributed by atoms with E-state index in [1.54, 1.807) is 12.1 Å². The van der Waals surface area contributed by atoms with Crippen LogP contribution in [0.5, 0.6) is 0 Å². The Morgan fingerprint density at radius 3 is 2.88 bits per heavy atom. The van der Waals surface area contributed by atoms with E-state index in [-0.39, 0.29) is 12.4 Å². The summed E-state index contributed by atoms with van der Waals surface area (Å²) in [5.41, 5.74) is 6.00. The topological polar surface area (TPSA) is 49.5 Å². The van der Waals surface area contributed by atoms with Gasteiger partial charge in [0.1, 0.15) is 5.82 Å². The second-order valence-electron chi connectivity index (χ2n) is 4.14. The third-order valence-corrected chi connectivity index (χ3v) is 3.06. The highest BCUT2D eigenvalue weighted by atomic mass is 79.9. The van der Waals surface area contributed by atoms with Crippen molar-refractivity contribution < 1.29 is 9.50 Å². The molecular weight excluding hydrogens is 287 g/mol. The maximum absolute atomic E-state index is 13.4. The Bertz CT molecular complexity index is 362. The van der Waals surface area contributed by atoms with E-state index in [9.17, 15) is 9.50 Å². The fourth-order valence-electron chi connectivity index (χ4n) is 1.57. The largest absolute Gasteiger partial charge is 0.390 e. The van der Waals surface area contributed by atoms with Gasteiger partial charge < -0.3 is 15.7 Å². The van der Waals surface area contributed by atoms with Gasteiger partial charge in [-0.3, -0.25) is 0 Å². The number of nitrogens with two attached hydrogens (primary N) is 1. The predicted molar refractivity (Wildman–Crippen MR) is 70.4 cm³/mol. The fourth-order valence-corrected chi connectivity index (χ4v) is 1.98. The van der Waals surface area contributed by atoms with E-state index < -0.39 is 6.10 Å². The van der Waals surface area contributed by atoms with E-state index >= 15 is 0 Å². The zero-order valence-corrected chi connectivity index (χ0v) is 11.5. The fraction of sp³-hybridized carbons (Fsp3) is 0.500. The zero-order valence-electron chi connectivity index (χ0n) is 9.87. The van der Waals surface area contributed by atoms with Crippen LogP contribution in [0.3, 0.4) is 0 Å². The first-order valence-corrected chi connectivity index (χ1v) is 6.33. The van der Waals surface area contributed by atoms with E-state index in [1.807, 2.05) is 11.9 Å². The molecule has 0 aromatic heterocycles. The third kappa shape index (κ3) is 5.12. The van der Waals surface area contributed by atoms with E-state index in [0.29, 0.717) is 25.1 Å². The van der Waals surface area contributed by atoms with Crippen molar-refractivity contribution in [2.24, 2.45) is 5.73 Å². The lowest BCUT2D eigenvalue weighted by atomic mass is 10.1. The molecule has 0 radical (unpaired) electrons. The molecule has 3 nitrogen and oxygen atoms in total. The second kappa shape index (κ2) is 7.06. The third-order valence-electron chi connectivity index (χ3n) is 2.57. The molecule has 0 saturated carbocycles. The molecule has 17 heavy (non-hydrogen) atoms. The van der Waals surface area contributed by atoms with Gasteiger partial charge in [0.2, 0.25) is 0 Å². The van der Waals surface area contributed by atoms with Gasteiger partial charge in [-0.15, -0.1) is 0 Å². The molecule has 1 atom stereocenters. The summed E-state index contributed by atoms with van der Waals surface area (Å²) in [5, 5.41) is 9.38. The first kappa shape index (κ1) is 14.6. The maximum Gasteiger partial charge on any atom is 0.126 e. The molecule has 1 unspecified atom stereocenters. The Morgan fingerprint density at radius 2 is 2.24 bits per heavy atom. The van der Waals surface area contributed by atoms with Crippen molar-refractivity contribution in [2.75, 3.05) is 26.7 Å². The summed E-state index contributed by atoms with van der Waals surface area (Å²) in [6, 6.07) is 4.91. The van der Waals surface area contributed by atoms with Gasteiger partial charge >= 0.3 is 0 Å². The molecule has 1 rings (SSSR count). The average Bonchev–Trinajstić information content (AvgIpc) is 2.30. The minimum absolute atomic E-state index is 0.194. The normalized spacial score (nSPS) is 13.1. The van der Waals surface area contributed by atoms with Crippen molar-refractivity contribution in [2.45, 2.75) is 12.5 Å². The van der Waals surface area contributed by atoms with Crippen LogP contribution in [0, 0.1) is 5.82 Å². The molecule has 0 saturated heterocycles. The minimum Gasteiger partial charge on any atom is -0.390 e. The van der Waals surface area contributed by atoms with E-state index in [2.05, 4.69) is 15.9 Å². The molecule has 1 aromatic rings. The molecule has 3 N–H and O–H groups in total. The summed E-state index contributed by atoms with van der Waals surface area (Å²) in [7, 11) is 1.88. The van der Waals surface area contributed by atoms with Gasteiger partial charge in [0.25, 0.3) is 0 Å². The summed E-state index contributed by atoms with van der Waals surface area (Å²) in [5.74, 6) is -0.194. The van der Waals surface area contributed by atoms with Crippen molar-refractivity contribution in [1.82, 2.24) is 4.90 Å². The zero-order chi connectivity index (χ0) is 12.8. The van der Waals surface area contributed by atoms with Gasteiger partial charge in [-0.2, -0.15) is 0 Å². The van der Waals surface area contributed by atoms with Gasteiger partial charge in [-0.1, -0.05) is 15.9 Å². The SMILES string of the molecule is CN(CCc1cc(Br)ccc1F)CC(O)CN. The Morgan fingerprint density at radius 1 is 1.53 bits per heavy atom. The van der Waals surface area contributed by atoms with E-state index in [1.165, 1.54) is 6.07 Å². The van der Waals surface area contributed by atoms with Gasteiger partial charge in [0.05, 0.1) is 6.10 Å². The minimum atomic E-state index is -0.521. The number of aliphatic hydroxyl groups is 1. The highest BCUT2D eigenvalue weighted by Crippen LogP contribution is 2.16. The Balaban J connectivity index is 2.47. The molecule has 0 aliphatic heterocycles. The highest BCUT2D eigenvalue weighted by molar-refractivity contribution is 9.10. The van der Waals surface area contributed by atoms with Crippen molar-refractivity contribution in [3.05, 3.63) is 34.1 Å². The maximum atomic E-state index is 13.4. The lowest BCUT2D eigenvalue weighted by Crippen LogP contribution is -2.35. The first-order valence-electron chi connectivity index (χ1n) is 5.53. The van der Waals surface area contributed by atoms with Crippen LogP contribution in [0.2, 0.25) is 0 Å². The van der Waals surface area contributed by atoms with Gasteiger partial charge in [0.15, 0.2) is 0 Å². The Labute approximate surface area is 110 Å². The van der Waals surface area contributed by atoms with Crippen molar-refractivity contribution in [1.29, 1.82) is 0 Å². The molecule has 1 aromatic carbocycles. The standard InChI is InChI=1S/C12H18BrFN2O/c1-16(8-11(17)7-15)5-4-9-6-10(13)2-3-12(9)14/h2-3,6,11,17H,4-5,7-8,15H2,1H3. The van der Waals surface area contributed by atoms with Crippen LogP contribution in [0.15, 0.2) is 22.7 Å². The van der Waals surface area contributed by atoms with Crippen LogP contribution >= 0.6 is 15.9 Å². The molecular formula is C12H18BrFN2O. The molecule has 0 amide bonds. The summed E-state index contributed by atoms with van der Waals surface area (Å²) in [6.45, 7) is 1.44. The van der Waals surface area contributed by atoms with Crippen molar-refractivity contribution in [3.8, 4) is 0 Å². The van der Waals surface area contributed by atoms with E-state index in [0.717, 1.165) is 4.47 Å². The highest BCUT2D eigenvalue weighted by Gasteiger charge is 2.08. The summed E-state index contributed by atoms with van der Waals surface area (Å²) < 4.78 is 14.3. The number of hydrogen-bond donors (Lipinski definition) is 2. The number of likely N-dealkylation sites (N-methyl/N-ethyl adjacent to an activating group) is 1. The molecule has 0 aliphatic carbocycles. The molecule has 0 bridgehead atoms. The van der Waals surface area contributed by atoms with E-state index in [4.69, 9.17) is 5.73 Å². The summed E-state index contributed by atoms with van der Waals surface area (Å²) in [6.07, 6.45) is 0.0892. The number of rotatable bonds is 6. The predicted octanol–water partition coefficient (Wildman–Crippen LogP) is 1.38. The molecule has 96 valence electrons. The van der Waals surface area contributed by atoms with Crippen LogP contribution in [-0.4, -0.2) is 42.8 Å². The van der Waals surface area contributed by atoms with Crippen LogP contribution in [0.1, 0.15) is 5.56 Å². The molecule has 5 heteroatoms. The van der Waals surface area contributed by atoms with Crippen LogP contribution in [0.4, 0.5) is 4.39 Å². The van der Waals surface area contributed by atoms with Gasteiger partial charge in [-0.25, -0.2) is 4.39 Å². The van der Waals surface area contributed by atoms with Crippen LogP contribution in [-0.2, 0) is 6.42 Å². The van der Waals surface area contributed by atoms with Gasteiger partial charge in [0, 0.05) is 24.1 Å². The first-order chi connectivity index (χ1) is 8.02. The van der Waals surface area contributed by atoms with Crippen LogP contribution in [0.25, 0.3) is 0 Å². The average molecular weight is 305 g/mol. The van der Waals surface area contributed by atoms with Crippen LogP contribution < -0.4 is 5.73 Å². The van der Waals surface area contributed by atoms with Gasteiger partial charge in [-0.05, 0) is 37.2 Å². The van der Waals surface area contributed by atoms with Crippen molar-refractivity contribution in [3.63, 3.8) is 0 Å². The van der Waals surface area contributed by atoms with Crippen molar-refractivity contribution >= 4 is 15.9 Å². The summed E-state index contributed by atoms with van der Waals surface area (Å²) >= 11 is 3.32. The summed E-state index contributed by atoms with van der Waals surface area (Å²) in [4.78, 5) is 1.94. The quantitative estimate of drug-likeness (QED) is 0.835. The number of hydrogen-bond acceptors (Lipinski definition) is 3. The Kier molecular flexibility index (Phi) is 6.05. The number of benzene rings is 1. The lowest BCUT2D eigenvalue weighted by molar-refractivity contribution is 0.133. The molecule has 0 spiro atoms. The molecule has 0 aliphatic rings. The number of aliphatic hydroxyl groups excluding tert-OH is 1. The monoisotopic (exact) mass is 304 g/mol. The molecule has 0 heterocycles. The number of halogens is 2. The smallest absolute Gasteiger partial charge is 0.126 e. The molecule has 0 fully saturated rings.